The molecule has 0 aromatic carbocycles. The minimum atomic E-state index is -0.519. The summed E-state index contributed by atoms with van der Waals surface area (Å²) in [7, 11) is 0. The highest BCUT2D eigenvalue weighted by Gasteiger charge is 2.23. The van der Waals surface area contributed by atoms with Gasteiger partial charge in [-0.2, -0.15) is 0 Å². The molecular formula is C16H21FN4O2. The van der Waals surface area contributed by atoms with E-state index in [1.807, 2.05) is 0 Å². The molecule has 0 aliphatic heterocycles. The topological polar surface area (TPSA) is 72.7 Å². The van der Waals surface area contributed by atoms with E-state index in [0.29, 0.717) is 17.1 Å². The zero-order valence-corrected chi connectivity index (χ0v) is 13.1. The fourth-order valence-corrected chi connectivity index (χ4v) is 3.29. The van der Waals surface area contributed by atoms with Gasteiger partial charge in [0.1, 0.15) is 11.3 Å². The normalized spacial score (nSPS) is 15.5. The van der Waals surface area contributed by atoms with Crippen LogP contribution >= 0.6 is 0 Å². The Balaban J connectivity index is 2.21. The first-order valence-corrected chi connectivity index (χ1v) is 8.07. The van der Waals surface area contributed by atoms with Crippen molar-refractivity contribution in [2.75, 3.05) is 6.67 Å². The number of halogens is 1. The van der Waals surface area contributed by atoms with Crippen LogP contribution in [0.3, 0.4) is 0 Å². The van der Waals surface area contributed by atoms with Crippen LogP contribution < -0.4 is 11.2 Å². The third-order valence-electron chi connectivity index (χ3n) is 4.45. The lowest BCUT2D eigenvalue weighted by Gasteiger charge is -2.08. The van der Waals surface area contributed by atoms with Crippen LogP contribution in [0.4, 0.5) is 4.39 Å². The predicted octanol–water partition coefficient (Wildman–Crippen LogP) is 2.09. The second-order valence-corrected chi connectivity index (χ2v) is 5.98. The molecular weight excluding hydrogens is 299 g/mol. The molecule has 1 aliphatic carbocycles. The van der Waals surface area contributed by atoms with Gasteiger partial charge < -0.3 is 4.98 Å². The molecule has 7 heteroatoms. The van der Waals surface area contributed by atoms with Crippen molar-refractivity contribution in [2.24, 2.45) is 0 Å². The van der Waals surface area contributed by atoms with Gasteiger partial charge in [-0.05, 0) is 19.3 Å². The summed E-state index contributed by atoms with van der Waals surface area (Å²) in [4.78, 5) is 32.7. The van der Waals surface area contributed by atoms with Crippen molar-refractivity contribution < 1.29 is 4.39 Å². The SMILES string of the molecule is C=CCn1c(=O)c2[nH]c(C3CCCC3)nc2n(CCCF)c1=O. The Morgan fingerprint density at radius 3 is 2.70 bits per heavy atom. The third kappa shape index (κ3) is 2.75. The number of nitrogens with zero attached hydrogens (tertiary/aromatic N) is 3. The van der Waals surface area contributed by atoms with Gasteiger partial charge in [0.05, 0.1) is 6.67 Å². The largest absolute Gasteiger partial charge is 0.336 e. The molecule has 0 unspecified atom stereocenters. The summed E-state index contributed by atoms with van der Waals surface area (Å²) in [5, 5.41) is 0. The monoisotopic (exact) mass is 320 g/mol. The van der Waals surface area contributed by atoms with Gasteiger partial charge in [0, 0.05) is 19.0 Å². The minimum absolute atomic E-state index is 0.126. The number of rotatable bonds is 6. The number of H-pyrrole nitrogens is 1. The average molecular weight is 320 g/mol. The van der Waals surface area contributed by atoms with Gasteiger partial charge >= 0.3 is 5.69 Å². The van der Waals surface area contributed by atoms with Crippen molar-refractivity contribution in [2.45, 2.75) is 51.1 Å². The smallest absolute Gasteiger partial charge is 0.333 e. The highest BCUT2D eigenvalue weighted by atomic mass is 19.1. The quantitative estimate of drug-likeness (QED) is 0.828. The Kier molecular flexibility index (Phi) is 4.45. The maximum absolute atomic E-state index is 12.6. The molecule has 2 heterocycles. The number of aromatic amines is 1. The van der Waals surface area contributed by atoms with E-state index in [2.05, 4.69) is 16.5 Å². The molecule has 0 spiro atoms. The van der Waals surface area contributed by atoms with Crippen LogP contribution in [0.1, 0.15) is 43.8 Å². The van der Waals surface area contributed by atoms with E-state index < -0.39 is 17.9 Å². The molecule has 124 valence electrons. The number of aromatic nitrogens is 4. The lowest BCUT2D eigenvalue weighted by Crippen LogP contribution is -2.40. The van der Waals surface area contributed by atoms with E-state index in [0.717, 1.165) is 36.1 Å². The molecule has 1 saturated carbocycles. The molecule has 0 atom stereocenters. The lowest BCUT2D eigenvalue weighted by atomic mass is 10.1. The fourth-order valence-electron chi connectivity index (χ4n) is 3.29. The summed E-state index contributed by atoms with van der Waals surface area (Å²) >= 11 is 0. The van der Waals surface area contributed by atoms with E-state index in [1.54, 1.807) is 0 Å². The highest BCUT2D eigenvalue weighted by Crippen LogP contribution is 2.32. The second-order valence-electron chi connectivity index (χ2n) is 5.98. The van der Waals surface area contributed by atoms with Crippen molar-refractivity contribution in [1.29, 1.82) is 0 Å². The Bertz CT molecular complexity index is 827. The molecule has 1 N–H and O–H groups in total. The zero-order valence-electron chi connectivity index (χ0n) is 13.1. The Morgan fingerprint density at radius 2 is 2.04 bits per heavy atom. The van der Waals surface area contributed by atoms with Crippen LogP contribution in [-0.2, 0) is 13.1 Å². The van der Waals surface area contributed by atoms with E-state index >= 15 is 0 Å². The fraction of sp³-hybridized carbons (Fsp3) is 0.562. The number of allylic oxidation sites excluding steroid dienone is 1. The van der Waals surface area contributed by atoms with Crippen LogP contribution in [0.25, 0.3) is 11.2 Å². The number of aryl methyl sites for hydroxylation is 1. The van der Waals surface area contributed by atoms with Gasteiger partial charge in [0.15, 0.2) is 5.65 Å². The maximum Gasteiger partial charge on any atom is 0.333 e. The Labute approximate surface area is 132 Å². The van der Waals surface area contributed by atoms with Crippen molar-refractivity contribution in [3.05, 3.63) is 39.3 Å². The van der Waals surface area contributed by atoms with Gasteiger partial charge in [0.2, 0.25) is 0 Å². The van der Waals surface area contributed by atoms with Crippen molar-refractivity contribution >= 4 is 11.2 Å². The summed E-state index contributed by atoms with van der Waals surface area (Å²) < 4.78 is 15.1. The molecule has 1 aliphatic rings. The van der Waals surface area contributed by atoms with E-state index in [1.165, 1.54) is 10.6 Å². The number of hydrogen-bond donors (Lipinski definition) is 1. The molecule has 0 radical (unpaired) electrons. The van der Waals surface area contributed by atoms with Gasteiger partial charge in [0.25, 0.3) is 5.56 Å². The number of nitrogens with one attached hydrogen (secondary N) is 1. The summed E-state index contributed by atoms with van der Waals surface area (Å²) in [5.74, 6) is 1.07. The summed E-state index contributed by atoms with van der Waals surface area (Å²) in [6.45, 7) is 3.40. The van der Waals surface area contributed by atoms with Crippen LogP contribution in [0.5, 0.6) is 0 Å². The van der Waals surface area contributed by atoms with Crippen LogP contribution in [0.2, 0.25) is 0 Å². The molecule has 2 aromatic heterocycles. The summed E-state index contributed by atoms with van der Waals surface area (Å²) in [5.41, 5.74) is -0.179. The standard InChI is InChI=1S/C16H21FN4O2/c1-2-9-21-15(22)12-14(20(16(21)23)10-5-8-17)19-13(18-12)11-6-3-4-7-11/h2,11H,1,3-10H2,(H,18,19). The van der Waals surface area contributed by atoms with E-state index in [-0.39, 0.29) is 19.5 Å². The molecule has 0 bridgehead atoms. The maximum atomic E-state index is 12.6. The minimum Gasteiger partial charge on any atom is -0.336 e. The first-order valence-electron chi connectivity index (χ1n) is 8.07. The van der Waals surface area contributed by atoms with Gasteiger partial charge in [-0.3, -0.25) is 18.3 Å². The molecule has 0 saturated heterocycles. The van der Waals surface area contributed by atoms with Gasteiger partial charge in [-0.1, -0.05) is 18.9 Å². The third-order valence-corrected chi connectivity index (χ3v) is 4.45. The molecule has 0 amide bonds. The number of alkyl halides is 1. The second kappa shape index (κ2) is 6.52. The number of imidazole rings is 1. The zero-order chi connectivity index (χ0) is 16.4. The van der Waals surface area contributed by atoms with E-state index in [9.17, 15) is 14.0 Å². The molecule has 2 aromatic rings. The van der Waals surface area contributed by atoms with Crippen LogP contribution in [0, 0.1) is 0 Å². The van der Waals surface area contributed by atoms with Crippen molar-refractivity contribution in [3.63, 3.8) is 0 Å². The first-order chi connectivity index (χ1) is 11.2. The molecule has 6 nitrogen and oxygen atoms in total. The van der Waals surface area contributed by atoms with Crippen LogP contribution in [-0.4, -0.2) is 25.8 Å². The summed E-state index contributed by atoms with van der Waals surface area (Å²) in [6.07, 6.45) is 6.09. The van der Waals surface area contributed by atoms with Gasteiger partial charge in [-0.15, -0.1) is 6.58 Å². The Hall–Kier alpha value is -2.18. The Morgan fingerprint density at radius 1 is 1.30 bits per heavy atom. The molecule has 3 rings (SSSR count). The summed E-state index contributed by atoms with van der Waals surface area (Å²) in [6, 6.07) is 0. The lowest BCUT2D eigenvalue weighted by molar-refractivity contribution is 0.440. The highest BCUT2D eigenvalue weighted by molar-refractivity contribution is 5.70. The van der Waals surface area contributed by atoms with E-state index in [4.69, 9.17) is 0 Å². The predicted molar refractivity (Wildman–Crippen MR) is 86.6 cm³/mol. The average Bonchev–Trinajstić information content (AvgIpc) is 3.20. The molecule has 1 fully saturated rings. The number of hydrogen-bond acceptors (Lipinski definition) is 3. The molecule has 23 heavy (non-hydrogen) atoms. The number of fused-ring (bicyclic) bond motifs is 1. The first kappa shape index (κ1) is 15.7. The van der Waals surface area contributed by atoms with Crippen molar-refractivity contribution in [1.82, 2.24) is 19.1 Å². The van der Waals surface area contributed by atoms with Gasteiger partial charge in [-0.25, -0.2) is 9.78 Å². The van der Waals surface area contributed by atoms with Crippen LogP contribution in [0.15, 0.2) is 22.2 Å². The van der Waals surface area contributed by atoms with Crippen molar-refractivity contribution in [3.8, 4) is 0 Å².